The van der Waals surface area contributed by atoms with E-state index >= 15 is 0 Å². The van der Waals surface area contributed by atoms with Crippen molar-refractivity contribution in [3.63, 3.8) is 0 Å². The minimum Gasteiger partial charge on any atom is -0.468 e. The van der Waals surface area contributed by atoms with Crippen LogP contribution in [0.2, 0.25) is 0 Å². The van der Waals surface area contributed by atoms with Crippen LogP contribution >= 0.6 is 0 Å². The van der Waals surface area contributed by atoms with E-state index in [-0.39, 0.29) is 50.0 Å². The molecule has 0 amide bonds. The molecule has 6 aromatic carbocycles. The Morgan fingerprint density at radius 2 is 1.03 bits per heavy atom. The van der Waals surface area contributed by atoms with Crippen molar-refractivity contribution in [3.05, 3.63) is 148 Å². The fourth-order valence-corrected chi connectivity index (χ4v) is 15.4. The quantitative estimate of drug-likeness (QED) is 0.165. The van der Waals surface area contributed by atoms with E-state index < -0.39 is 0 Å². The summed E-state index contributed by atoms with van der Waals surface area (Å²) in [5.74, 6) is 0. The van der Waals surface area contributed by atoms with Gasteiger partial charge in [0.05, 0.1) is 17.0 Å². The van der Waals surface area contributed by atoms with Crippen LogP contribution in [0.4, 0.5) is 34.1 Å². The van der Waals surface area contributed by atoms with Crippen LogP contribution in [0, 0.1) is 0 Å². The third-order valence-electron chi connectivity index (χ3n) is 20.2. The average Bonchev–Trinajstić information content (AvgIpc) is 3.94. The maximum absolute atomic E-state index is 7.82. The molecule has 13 rings (SSSR count). The van der Waals surface area contributed by atoms with E-state index in [2.05, 4.69) is 224 Å². The first-order chi connectivity index (χ1) is 34.1. The molecule has 0 radical (unpaired) electrons. The van der Waals surface area contributed by atoms with Gasteiger partial charge < -0.3 is 14.2 Å². The summed E-state index contributed by atoms with van der Waals surface area (Å²) >= 11 is 0. The molecule has 3 nitrogen and oxygen atoms in total. The first kappa shape index (κ1) is 47.3. The summed E-state index contributed by atoms with van der Waals surface area (Å²) in [4.78, 5) is 5.41. The van der Waals surface area contributed by atoms with E-state index in [1.54, 1.807) is 0 Å². The van der Waals surface area contributed by atoms with Gasteiger partial charge in [-0.15, -0.1) is 0 Å². The zero-order chi connectivity index (χ0) is 51.5. The van der Waals surface area contributed by atoms with Crippen LogP contribution in [0.5, 0.6) is 0 Å². The molecule has 374 valence electrons. The Bertz CT molecular complexity index is 3510. The van der Waals surface area contributed by atoms with Gasteiger partial charge in [0.15, 0.2) is 0 Å². The number of rotatable bonds is 3. The molecule has 6 aliphatic rings. The van der Waals surface area contributed by atoms with Gasteiger partial charge in [-0.1, -0.05) is 159 Å². The van der Waals surface area contributed by atoms with Crippen molar-refractivity contribution in [2.45, 2.75) is 199 Å². The number of benzene rings is 6. The minimum atomic E-state index is -0.149. The summed E-state index contributed by atoms with van der Waals surface area (Å²) in [5, 5.41) is 1.24. The highest BCUT2D eigenvalue weighted by Crippen LogP contribution is 2.62. The molecule has 1 aromatic heterocycles. The minimum absolute atomic E-state index is 0.000888. The van der Waals surface area contributed by atoms with Gasteiger partial charge in [0.2, 0.25) is 0 Å². The Morgan fingerprint density at radius 1 is 0.466 bits per heavy atom. The standard InChI is InChI=1S/C69H79BN2O/c1-62(2,3)42-22-25-54-53(32-42)70-59-56(71(54)44-23-24-47-48(35-44)65(9,10)27-26-64(47,7)8)33-43(63(4,5)6)34-57(59)72(60-46-37-51-52(39-58(46)73-61(60)70)69(16)31-30-68(51,15)40-69)55-38-50-49(66(11,12)28-29-67(50,13)14)36-45(55)41-20-18-17-19-21-41/h17-25,32-39H,26-31,40H2,1-16H3. The van der Waals surface area contributed by atoms with Gasteiger partial charge in [-0.25, -0.2) is 0 Å². The number of furan rings is 1. The molecule has 2 aliphatic heterocycles. The maximum Gasteiger partial charge on any atom is 0.297 e. The Labute approximate surface area is 438 Å². The van der Waals surface area contributed by atoms with Crippen molar-refractivity contribution < 1.29 is 4.42 Å². The van der Waals surface area contributed by atoms with E-state index in [1.165, 1.54) is 138 Å². The summed E-state index contributed by atoms with van der Waals surface area (Å²) in [6, 6.07) is 41.8. The lowest BCUT2D eigenvalue weighted by Gasteiger charge is -2.46. The van der Waals surface area contributed by atoms with E-state index in [0.29, 0.717) is 0 Å². The Morgan fingerprint density at radius 3 is 1.64 bits per heavy atom. The van der Waals surface area contributed by atoms with Crippen molar-refractivity contribution in [1.29, 1.82) is 0 Å². The van der Waals surface area contributed by atoms with Crippen molar-refractivity contribution in [1.82, 2.24) is 0 Å². The van der Waals surface area contributed by atoms with Crippen LogP contribution in [-0.4, -0.2) is 6.71 Å². The number of hydrogen-bond donors (Lipinski definition) is 0. The van der Waals surface area contributed by atoms with E-state index in [4.69, 9.17) is 4.42 Å². The van der Waals surface area contributed by atoms with Crippen molar-refractivity contribution >= 4 is 68.4 Å². The number of fused-ring (bicyclic) bond motifs is 13. The molecule has 7 aromatic rings. The molecular weight excluding hydrogens is 884 g/mol. The second-order valence-corrected chi connectivity index (χ2v) is 29.4. The molecule has 3 heterocycles. The van der Waals surface area contributed by atoms with Crippen molar-refractivity contribution in [2.75, 3.05) is 9.80 Å². The van der Waals surface area contributed by atoms with Crippen LogP contribution < -0.4 is 26.4 Å². The molecule has 73 heavy (non-hydrogen) atoms. The van der Waals surface area contributed by atoms with Crippen LogP contribution in [-0.2, 0) is 43.3 Å². The zero-order valence-electron chi connectivity index (χ0n) is 47.1. The summed E-state index contributed by atoms with van der Waals surface area (Å²) in [7, 11) is 0. The Kier molecular flexibility index (Phi) is 9.50. The molecule has 0 N–H and O–H groups in total. The number of nitrogens with zero attached hydrogens (tertiary/aromatic N) is 2. The highest BCUT2D eigenvalue weighted by atomic mass is 16.3. The zero-order valence-corrected chi connectivity index (χ0v) is 47.1. The second-order valence-electron chi connectivity index (χ2n) is 29.4. The lowest BCUT2D eigenvalue weighted by atomic mass is 9.35. The molecule has 1 fully saturated rings. The first-order valence-corrected chi connectivity index (χ1v) is 28.0. The fourth-order valence-electron chi connectivity index (χ4n) is 15.4. The summed E-state index contributed by atoms with van der Waals surface area (Å²) in [6.07, 6.45) is 8.35. The van der Waals surface area contributed by atoms with Gasteiger partial charge in [-0.2, -0.15) is 0 Å². The lowest BCUT2D eigenvalue weighted by Crippen LogP contribution is -2.61. The van der Waals surface area contributed by atoms with Crippen molar-refractivity contribution in [2.24, 2.45) is 0 Å². The lowest BCUT2D eigenvalue weighted by molar-refractivity contribution is 0.332. The van der Waals surface area contributed by atoms with Gasteiger partial charge in [-0.05, 0) is 204 Å². The van der Waals surface area contributed by atoms with E-state index in [9.17, 15) is 0 Å². The van der Waals surface area contributed by atoms with Gasteiger partial charge in [0, 0.05) is 33.7 Å². The van der Waals surface area contributed by atoms with E-state index in [1.807, 2.05) is 0 Å². The molecule has 2 atom stereocenters. The maximum atomic E-state index is 7.82. The highest BCUT2D eigenvalue weighted by Gasteiger charge is 2.55. The molecular formula is C69H79BN2O. The third kappa shape index (κ3) is 6.69. The van der Waals surface area contributed by atoms with Gasteiger partial charge in [-0.3, -0.25) is 0 Å². The Hall–Kier alpha value is -5.48. The molecule has 0 saturated heterocycles. The fraction of sp³-hybridized carbons (Fsp3) is 0.449. The molecule has 0 spiro atoms. The second kappa shape index (κ2) is 14.7. The van der Waals surface area contributed by atoms with Gasteiger partial charge >= 0.3 is 0 Å². The first-order valence-electron chi connectivity index (χ1n) is 28.0. The number of hydrogen-bond acceptors (Lipinski definition) is 3. The topological polar surface area (TPSA) is 19.6 Å². The molecule has 4 heteroatoms. The summed E-state index contributed by atoms with van der Waals surface area (Å²) < 4.78 is 7.82. The average molecular weight is 963 g/mol. The van der Waals surface area contributed by atoms with E-state index in [0.717, 1.165) is 24.1 Å². The predicted octanol–water partition coefficient (Wildman–Crippen LogP) is 17.2. The molecule has 2 unspecified atom stereocenters. The summed E-state index contributed by atoms with van der Waals surface area (Å²) in [6.45, 7) is 39.0. The van der Waals surface area contributed by atoms with Crippen LogP contribution in [0.15, 0.2) is 108 Å². The third-order valence-corrected chi connectivity index (χ3v) is 20.2. The smallest absolute Gasteiger partial charge is 0.297 e. The molecule has 2 bridgehead atoms. The van der Waals surface area contributed by atoms with Crippen LogP contribution in [0.3, 0.4) is 0 Å². The van der Waals surface area contributed by atoms with Crippen LogP contribution in [0.25, 0.3) is 22.1 Å². The van der Waals surface area contributed by atoms with Gasteiger partial charge in [0.1, 0.15) is 5.58 Å². The SMILES string of the molecule is CC(C)(C)c1ccc2c(c1)B1c3oc4cc5c(cc4c3N(c3cc4c(cc3-c3ccccc3)C(C)(C)CCC4(C)C)c3cc(C(C)(C)C)cc(c31)N2c1ccc2c(c1)C(C)(C)CCC2(C)C)C1(C)CCC5(C)C1. The summed E-state index contributed by atoms with van der Waals surface area (Å²) in [5.41, 5.74) is 26.7. The highest BCUT2D eigenvalue weighted by molar-refractivity contribution is 7.00. The van der Waals surface area contributed by atoms with Crippen LogP contribution in [0.1, 0.15) is 200 Å². The molecule has 4 aliphatic carbocycles. The largest absolute Gasteiger partial charge is 0.468 e. The molecule has 1 saturated carbocycles. The van der Waals surface area contributed by atoms with Gasteiger partial charge in [0.25, 0.3) is 6.71 Å². The Balaban J connectivity index is 1.20. The van der Waals surface area contributed by atoms with Crippen molar-refractivity contribution in [3.8, 4) is 11.1 Å². The monoisotopic (exact) mass is 963 g/mol. The number of anilines is 6. The normalized spacial score (nSPS) is 23.4. The predicted molar refractivity (Wildman–Crippen MR) is 312 cm³/mol.